The fourth-order valence-corrected chi connectivity index (χ4v) is 3.95. The number of carbonyl (C=O) groups excluding carboxylic acids is 1. The number of rotatable bonds is 3. The summed E-state index contributed by atoms with van der Waals surface area (Å²) >= 11 is 0. The van der Waals surface area contributed by atoms with E-state index in [2.05, 4.69) is 6.08 Å². The van der Waals surface area contributed by atoms with Crippen LogP contribution in [-0.2, 0) is 4.79 Å². The van der Waals surface area contributed by atoms with Gasteiger partial charge < -0.3 is 9.47 Å². The molecule has 0 radical (unpaired) electrons. The number of Topliss-reactive ketones (excluding diaryl/α,β-unsaturated/α-hetero) is 1. The summed E-state index contributed by atoms with van der Waals surface area (Å²) in [6.45, 7) is 0. The van der Waals surface area contributed by atoms with E-state index in [-0.39, 0.29) is 5.92 Å². The number of benzene rings is 1. The van der Waals surface area contributed by atoms with Gasteiger partial charge in [0.2, 0.25) is 0 Å². The van der Waals surface area contributed by atoms with Crippen LogP contribution in [-0.4, -0.2) is 20.0 Å². The van der Waals surface area contributed by atoms with Gasteiger partial charge in [-0.1, -0.05) is 18.1 Å². The predicted octanol–water partition coefficient (Wildman–Crippen LogP) is 4.27. The largest absolute Gasteiger partial charge is 0.497 e. The molecule has 3 rings (SSSR count). The van der Waals surface area contributed by atoms with Gasteiger partial charge in [-0.15, -0.1) is 0 Å². The van der Waals surface area contributed by atoms with Crippen molar-refractivity contribution in [3.8, 4) is 11.5 Å². The molecule has 3 heteroatoms. The zero-order chi connectivity index (χ0) is 15.5. The van der Waals surface area contributed by atoms with Crippen molar-refractivity contribution in [3.05, 3.63) is 35.4 Å². The van der Waals surface area contributed by atoms with Gasteiger partial charge in [-0.2, -0.15) is 0 Å². The molecule has 2 aliphatic rings. The number of hydrogen-bond donors (Lipinski definition) is 0. The SMILES string of the molecule is COc1ccc(OC)c([C@H]2C(=O)CCC=C3CCCC[C@@H]32)c1. The van der Waals surface area contributed by atoms with Crippen molar-refractivity contribution in [2.45, 2.75) is 44.4 Å². The van der Waals surface area contributed by atoms with E-state index in [1.165, 1.54) is 18.4 Å². The molecule has 1 fully saturated rings. The zero-order valence-electron chi connectivity index (χ0n) is 13.4. The summed E-state index contributed by atoms with van der Waals surface area (Å²) in [5.74, 6) is 2.17. The molecule has 0 aromatic heterocycles. The van der Waals surface area contributed by atoms with Gasteiger partial charge in [0.25, 0.3) is 0 Å². The lowest BCUT2D eigenvalue weighted by molar-refractivity contribution is -0.121. The van der Waals surface area contributed by atoms with Gasteiger partial charge in [-0.25, -0.2) is 0 Å². The third-order valence-electron chi connectivity index (χ3n) is 5.03. The van der Waals surface area contributed by atoms with Crippen molar-refractivity contribution in [1.82, 2.24) is 0 Å². The van der Waals surface area contributed by atoms with E-state index >= 15 is 0 Å². The molecule has 0 amide bonds. The van der Waals surface area contributed by atoms with Crippen molar-refractivity contribution in [2.75, 3.05) is 14.2 Å². The summed E-state index contributed by atoms with van der Waals surface area (Å²) in [6, 6.07) is 5.79. The zero-order valence-corrected chi connectivity index (χ0v) is 13.4. The summed E-state index contributed by atoms with van der Waals surface area (Å²) in [5, 5.41) is 0. The van der Waals surface area contributed by atoms with Crippen LogP contribution < -0.4 is 9.47 Å². The molecular weight excluding hydrogens is 276 g/mol. The van der Waals surface area contributed by atoms with Crippen LogP contribution >= 0.6 is 0 Å². The molecule has 0 heterocycles. The maximum atomic E-state index is 12.8. The fourth-order valence-electron chi connectivity index (χ4n) is 3.95. The highest BCUT2D eigenvalue weighted by atomic mass is 16.5. The van der Waals surface area contributed by atoms with Crippen molar-refractivity contribution < 1.29 is 14.3 Å². The van der Waals surface area contributed by atoms with E-state index in [0.29, 0.717) is 18.1 Å². The second-order valence-corrected chi connectivity index (χ2v) is 6.22. The van der Waals surface area contributed by atoms with Gasteiger partial charge in [0.05, 0.1) is 20.1 Å². The topological polar surface area (TPSA) is 35.5 Å². The lowest BCUT2D eigenvalue weighted by atomic mass is 9.72. The fraction of sp³-hybridized carbons (Fsp3) is 0.526. The summed E-state index contributed by atoms with van der Waals surface area (Å²) < 4.78 is 10.9. The summed E-state index contributed by atoms with van der Waals surface area (Å²) in [6.07, 6.45) is 8.52. The van der Waals surface area contributed by atoms with Crippen LogP contribution in [0.1, 0.15) is 50.0 Å². The van der Waals surface area contributed by atoms with Gasteiger partial charge in [0, 0.05) is 12.0 Å². The lowest BCUT2D eigenvalue weighted by Gasteiger charge is -2.31. The van der Waals surface area contributed by atoms with Crippen molar-refractivity contribution >= 4 is 5.78 Å². The summed E-state index contributed by atoms with van der Waals surface area (Å²) in [4.78, 5) is 12.8. The van der Waals surface area contributed by atoms with Gasteiger partial charge in [-0.05, 0) is 49.8 Å². The highest BCUT2D eigenvalue weighted by Crippen LogP contribution is 2.46. The molecule has 0 bridgehead atoms. The normalized spacial score (nSPS) is 25.0. The van der Waals surface area contributed by atoms with Gasteiger partial charge in [0.1, 0.15) is 17.3 Å². The number of methoxy groups -OCH3 is 2. The second-order valence-electron chi connectivity index (χ2n) is 6.22. The molecule has 0 spiro atoms. The highest BCUT2D eigenvalue weighted by Gasteiger charge is 2.36. The standard InChI is InChI=1S/C19H24O3/c1-21-14-10-11-18(22-2)16(12-14)19-15-8-4-3-6-13(15)7-5-9-17(19)20/h7,10-12,15,19H,3-6,8-9H2,1-2H3/t15-,19-/m0/s1. The van der Waals surface area contributed by atoms with E-state index < -0.39 is 0 Å². The van der Waals surface area contributed by atoms with Crippen molar-refractivity contribution in [2.24, 2.45) is 5.92 Å². The number of hydrogen-bond acceptors (Lipinski definition) is 3. The van der Waals surface area contributed by atoms with Crippen LogP contribution in [0.25, 0.3) is 0 Å². The lowest BCUT2D eigenvalue weighted by Crippen LogP contribution is -2.24. The van der Waals surface area contributed by atoms with Crippen LogP contribution in [0.2, 0.25) is 0 Å². The number of fused-ring (bicyclic) bond motifs is 1. The smallest absolute Gasteiger partial charge is 0.141 e. The average molecular weight is 300 g/mol. The molecule has 0 N–H and O–H groups in total. The van der Waals surface area contributed by atoms with Crippen LogP contribution in [0, 0.1) is 5.92 Å². The average Bonchev–Trinajstić information content (AvgIpc) is 2.72. The van der Waals surface area contributed by atoms with E-state index in [4.69, 9.17) is 9.47 Å². The van der Waals surface area contributed by atoms with Crippen LogP contribution in [0.4, 0.5) is 0 Å². The predicted molar refractivity (Wildman–Crippen MR) is 86.6 cm³/mol. The minimum atomic E-state index is -0.0842. The Morgan fingerprint density at radius 3 is 2.73 bits per heavy atom. The van der Waals surface area contributed by atoms with E-state index in [9.17, 15) is 4.79 Å². The number of ether oxygens (including phenoxy) is 2. The van der Waals surface area contributed by atoms with E-state index in [0.717, 1.165) is 36.3 Å². The third kappa shape index (κ3) is 2.77. The van der Waals surface area contributed by atoms with Gasteiger partial charge in [-0.3, -0.25) is 4.79 Å². The Kier molecular flexibility index (Phi) is 4.51. The minimum Gasteiger partial charge on any atom is -0.497 e. The second kappa shape index (κ2) is 6.55. The minimum absolute atomic E-state index is 0.0842. The Bertz CT molecular complexity index is 588. The number of ketones is 1. The first-order valence-electron chi connectivity index (χ1n) is 8.18. The highest BCUT2D eigenvalue weighted by molar-refractivity contribution is 5.88. The first-order valence-corrected chi connectivity index (χ1v) is 8.18. The van der Waals surface area contributed by atoms with Crippen molar-refractivity contribution in [1.29, 1.82) is 0 Å². The van der Waals surface area contributed by atoms with Crippen LogP contribution in [0.5, 0.6) is 11.5 Å². The maximum Gasteiger partial charge on any atom is 0.141 e. The molecule has 1 saturated carbocycles. The Hall–Kier alpha value is -1.77. The van der Waals surface area contributed by atoms with E-state index in [1.54, 1.807) is 14.2 Å². The molecule has 118 valence electrons. The molecule has 22 heavy (non-hydrogen) atoms. The Balaban J connectivity index is 2.06. The first kappa shape index (κ1) is 15.1. The van der Waals surface area contributed by atoms with E-state index in [1.807, 2.05) is 18.2 Å². The molecule has 1 aromatic carbocycles. The Labute approximate surface area is 132 Å². The Morgan fingerprint density at radius 1 is 1.09 bits per heavy atom. The third-order valence-corrected chi connectivity index (χ3v) is 5.03. The molecule has 0 aliphatic heterocycles. The van der Waals surface area contributed by atoms with Crippen molar-refractivity contribution in [3.63, 3.8) is 0 Å². The molecular formula is C19H24O3. The van der Waals surface area contributed by atoms with Gasteiger partial charge in [0.15, 0.2) is 0 Å². The first-order chi connectivity index (χ1) is 10.7. The molecule has 2 aliphatic carbocycles. The molecule has 0 unspecified atom stereocenters. The number of allylic oxidation sites excluding steroid dienone is 2. The Morgan fingerprint density at radius 2 is 1.95 bits per heavy atom. The van der Waals surface area contributed by atoms with Crippen LogP contribution in [0.15, 0.2) is 29.8 Å². The summed E-state index contributed by atoms with van der Waals surface area (Å²) in [7, 11) is 3.33. The maximum absolute atomic E-state index is 12.8. The molecule has 3 nitrogen and oxygen atoms in total. The monoisotopic (exact) mass is 300 g/mol. The van der Waals surface area contributed by atoms with Crippen LogP contribution in [0.3, 0.4) is 0 Å². The molecule has 1 aromatic rings. The molecule has 0 saturated heterocycles. The molecule has 2 atom stereocenters. The summed E-state index contributed by atoms with van der Waals surface area (Å²) in [5.41, 5.74) is 2.47. The quantitative estimate of drug-likeness (QED) is 0.782. The number of carbonyl (C=O) groups is 1. The van der Waals surface area contributed by atoms with Gasteiger partial charge >= 0.3 is 0 Å².